The zero-order valence-corrected chi connectivity index (χ0v) is 14.3. The number of methoxy groups -OCH3 is 1. The van der Waals surface area contributed by atoms with E-state index in [0.717, 1.165) is 11.3 Å². The van der Waals surface area contributed by atoms with E-state index >= 15 is 0 Å². The quantitative estimate of drug-likeness (QED) is 0.679. The summed E-state index contributed by atoms with van der Waals surface area (Å²) in [5.41, 5.74) is 0.872. The number of rotatable bonds is 7. The normalized spacial score (nSPS) is 10.2. The second-order valence-electron chi connectivity index (χ2n) is 5.40. The number of hydrogen-bond donors (Lipinski definition) is 2. The summed E-state index contributed by atoms with van der Waals surface area (Å²) in [4.78, 5) is 16.0. The average molecular weight is 353 g/mol. The Balaban J connectivity index is 1.50. The molecule has 0 bridgehead atoms. The first-order valence-corrected chi connectivity index (χ1v) is 8.04. The van der Waals surface area contributed by atoms with Crippen LogP contribution in [0.5, 0.6) is 17.4 Å². The smallest absolute Gasteiger partial charge is 0.315 e. The van der Waals surface area contributed by atoms with Gasteiger partial charge in [0.1, 0.15) is 17.3 Å². The van der Waals surface area contributed by atoms with Crippen LogP contribution in [-0.4, -0.2) is 18.1 Å². The molecular weight excluding hydrogens is 334 g/mol. The number of nitrogens with zero attached hydrogens (tertiary/aromatic N) is 1. The van der Waals surface area contributed by atoms with Gasteiger partial charge < -0.3 is 24.5 Å². The largest absolute Gasteiger partial charge is 0.497 e. The maximum Gasteiger partial charge on any atom is 0.315 e. The Morgan fingerprint density at radius 2 is 1.85 bits per heavy atom. The van der Waals surface area contributed by atoms with Crippen molar-refractivity contribution in [1.29, 1.82) is 0 Å². The van der Waals surface area contributed by atoms with Crippen LogP contribution in [0, 0.1) is 0 Å². The lowest BCUT2D eigenvalue weighted by Crippen LogP contribution is -2.34. The molecule has 0 aliphatic carbocycles. The number of nitrogens with one attached hydrogen (secondary N) is 2. The van der Waals surface area contributed by atoms with E-state index in [1.807, 2.05) is 18.2 Å². The number of furan rings is 1. The van der Waals surface area contributed by atoms with Crippen LogP contribution in [0.2, 0.25) is 0 Å². The minimum atomic E-state index is -0.282. The minimum Gasteiger partial charge on any atom is -0.497 e. The monoisotopic (exact) mass is 353 g/mol. The number of pyridine rings is 1. The molecule has 0 radical (unpaired) electrons. The summed E-state index contributed by atoms with van der Waals surface area (Å²) in [5, 5.41) is 5.49. The van der Waals surface area contributed by atoms with Gasteiger partial charge in [0.15, 0.2) is 0 Å². The van der Waals surface area contributed by atoms with Crippen molar-refractivity contribution in [3.05, 3.63) is 72.3 Å². The van der Waals surface area contributed by atoms with Crippen LogP contribution in [0.1, 0.15) is 11.3 Å². The topological polar surface area (TPSA) is 85.6 Å². The third kappa shape index (κ3) is 5.01. The molecule has 3 aromatic rings. The third-order valence-electron chi connectivity index (χ3n) is 3.54. The Labute approximate surface area is 151 Å². The first kappa shape index (κ1) is 17.3. The second-order valence-corrected chi connectivity index (χ2v) is 5.40. The number of ether oxygens (including phenoxy) is 2. The van der Waals surface area contributed by atoms with E-state index < -0.39 is 0 Å². The van der Waals surface area contributed by atoms with E-state index in [9.17, 15) is 4.79 Å². The highest BCUT2D eigenvalue weighted by Gasteiger charge is 2.05. The van der Waals surface area contributed by atoms with Crippen LogP contribution in [0.25, 0.3) is 0 Å². The van der Waals surface area contributed by atoms with Crippen LogP contribution in [0.15, 0.2) is 65.4 Å². The van der Waals surface area contributed by atoms with Crippen molar-refractivity contribution in [2.24, 2.45) is 0 Å². The predicted octanol–water partition coefficient (Wildman–Crippen LogP) is 3.47. The highest BCUT2D eigenvalue weighted by atomic mass is 16.5. The summed E-state index contributed by atoms with van der Waals surface area (Å²) < 4.78 is 16.0. The van der Waals surface area contributed by atoms with E-state index in [0.29, 0.717) is 30.5 Å². The number of carbonyl (C=O) groups is 1. The standard InChI is InChI=1S/C19H19N3O4/c1-24-15-4-6-16(7-5-15)26-18-11-14(8-9-20-18)12-21-19(23)22-13-17-3-2-10-25-17/h2-11H,12-13H2,1H3,(H2,21,22,23). The first-order chi connectivity index (χ1) is 12.7. The van der Waals surface area contributed by atoms with Crippen LogP contribution >= 0.6 is 0 Å². The van der Waals surface area contributed by atoms with Gasteiger partial charge in [-0.25, -0.2) is 9.78 Å². The summed E-state index contributed by atoms with van der Waals surface area (Å²) in [6, 6.07) is 14.1. The Kier molecular flexibility index (Phi) is 5.72. The average Bonchev–Trinajstić information content (AvgIpc) is 3.19. The van der Waals surface area contributed by atoms with Crippen molar-refractivity contribution in [3.8, 4) is 17.4 Å². The predicted molar refractivity (Wildman–Crippen MR) is 95.1 cm³/mol. The zero-order valence-electron chi connectivity index (χ0n) is 14.3. The van der Waals surface area contributed by atoms with E-state index in [1.165, 1.54) is 0 Å². The molecule has 2 N–H and O–H groups in total. The third-order valence-corrected chi connectivity index (χ3v) is 3.54. The van der Waals surface area contributed by atoms with Crippen LogP contribution in [0.3, 0.4) is 0 Å². The molecule has 2 aromatic heterocycles. The molecule has 0 atom stereocenters. The van der Waals surface area contributed by atoms with Gasteiger partial charge in [-0.15, -0.1) is 0 Å². The Bertz CT molecular complexity index is 832. The van der Waals surface area contributed by atoms with Crippen molar-refractivity contribution in [3.63, 3.8) is 0 Å². The Morgan fingerprint density at radius 1 is 1.08 bits per heavy atom. The maximum absolute atomic E-state index is 11.8. The molecule has 0 saturated carbocycles. The molecule has 0 aliphatic heterocycles. The molecule has 7 heteroatoms. The van der Waals surface area contributed by atoms with Gasteiger partial charge in [-0.2, -0.15) is 0 Å². The van der Waals surface area contributed by atoms with Gasteiger partial charge in [-0.05, 0) is 48.0 Å². The van der Waals surface area contributed by atoms with Crippen molar-refractivity contribution < 1.29 is 18.7 Å². The molecule has 0 aliphatic rings. The lowest BCUT2D eigenvalue weighted by Gasteiger charge is -2.09. The highest BCUT2D eigenvalue weighted by molar-refractivity contribution is 5.73. The van der Waals surface area contributed by atoms with Crippen LogP contribution in [0.4, 0.5) is 4.79 Å². The summed E-state index contributed by atoms with van der Waals surface area (Å²) in [6.45, 7) is 0.687. The van der Waals surface area contributed by atoms with Crippen LogP contribution in [-0.2, 0) is 13.1 Å². The summed E-state index contributed by atoms with van der Waals surface area (Å²) >= 11 is 0. The fraction of sp³-hybridized carbons (Fsp3) is 0.158. The molecule has 134 valence electrons. The number of benzene rings is 1. The molecule has 2 heterocycles. The molecule has 0 spiro atoms. The van der Waals surface area contributed by atoms with Crippen molar-refractivity contribution in [1.82, 2.24) is 15.6 Å². The maximum atomic E-state index is 11.8. The molecule has 1 aromatic carbocycles. The fourth-order valence-electron chi connectivity index (χ4n) is 2.21. The summed E-state index contributed by atoms with van der Waals surface area (Å²) in [6.07, 6.45) is 3.20. The molecule has 26 heavy (non-hydrogen) atoms. The second kappa shape index (κ2) is 8.57. The number of urea groups is 1. The van der Waals surface area contributed by atoms with Gasteiger partial charge in [0.05, 0.1) is 19.9 Å². The highest BCUT2D eigenvalue weighted by Crippen LogP contribution is 2.22. The van der Waals surface area contributed by atoms with E-state index in [4.69, 9.17) is 13.9 Å². The fourth-order valence-corrected chi connectivity index (χ4v) is 2.21. The van der Waals surface area contributed by atoms with E-state index in [-0.39, 0.29) is 6.03 Å². The first-order valence-electron chi connectivity index (χ1n) is 8.04. The van der Waals surface area contributed by atoms with Gasteiger partial charge in [0.2, 0.25) is 5.88 Å². The summed E-state index contributed by atoms with van der Waals surface area (Å²) in [5.74, 6) is 2.55. The molecule has 7 nitrogen and oxygen atoms in total. The zero-order chi connectivity index (χ0) is 18.2. The van der Waals surface area contributed by atoms with Crippen LogP contribution < -0.4 is 20.1 Å². The Hall–Kier alpha value is -3.48. The number of amides is 2. The van der Waals surface area contributed by atoms with E-state index in [2.05, 4.69) is 15.6 Å². The van der Waals surface area contributed by atoms with Crippen molar-refractivity contribution in [2.75, 3.05) is 7.11 Å². The molecule has 2 amide bonds. The molecule has 3 rings (SSSR count). The number of carbonyl (C=O) groups excluding carboxylic acids is 1. The minimum absolute atomic E-state index is 0.282. The lowest BCUT2D eigenvalue weighted by atomic mass is 10.2. The van der Waals surface area contributed by atoms with Crippen molar-refractivity contribution in [2.45, 2.75) is 13.1 Å². The van der Waals surface area contributed by atoms with Gasteiger partial charge in [-0.3, -0.25) is 0 Å². The summed E-state index contributed by atoms with van der Waals surface area (Å²) in [7, 11) is 1.61. The van der Waals surface area contributed by atoms with Gasteiger partial charge >= 0.3 is 6.03 Å². The van der Waals surface area contributed by atoms with Crippen molar-refractivity contribution >= 4 is 6.03 Å². The molecule has 0 unspecified atom stereocenters. The SMILES string of the molecule is COc1ccc(Oc2cc(CNC(=O)NCc3ccco3)ccn2)cc1. The number of aromatic nitrogens is 1. The number of hydrogen-bond acceptors (Lipinski definition) is 5. The van der Waals surface area contributed by atoms with E-state index in [1.54, 1.807) is 49.9 Å². The molecular formula is C19H19N3O4. The Morgan fingerprint density at radius 3 is 2.58 bits per heavy atom. The van der Waals surface area contributed by atoms with Gasteiger partial charge in [0.25, 0.3) is 0 Å². The van der Waals surface area contributed by atoms with Gasteiger partial charge in [0, 0.05) is 18.8 Å². The van der Waals surface area contributed by atoms with Gasteiger partial charge in [-0.1, -0.05) is 0 Å². The molecule has 0 fully saturated rings. The molecule has 0 saturated heterocycles. The lowest BCUT2D eigenvalue weighted by molar-refractivity contribution is 0.239.